The highest BCUT2D eigenvalue weighted by Gasteiger charge is 2.24. The zero-order chi connectivity index (χ0) is 12.0. The standard InChI is InChI=1S/C11H18F2O3/c1-8(7-15-11(12)13)16-10(14)9-5-3-2-4-6-9/h8-9,11H,2-7H2,1H3. The van der Waals surface area contributed by atoms with Crippen LogP contribution in [0.1, 0.15) is 39.0 Å². The summed E-state index contributed by atoms with van der Waals surface area (Å²) in [7, 11) is 0. The summed E-state index contributed by atoms with van der Waals surface area (Å²) < 4.78 is 32.6. The maximum Gasteiger partial charge on any atom is 0.345 e. The fraction of sp³-hybridized carbons (Fsp3) is 0.909. The van der Waals surface area contributed by atoms with Crippen molar-refractivity contribution in [3.05, 3.63) is 0 Å². The van der Waals surface area contributed by atoms with Gasteiger partial charge in [0, 0.05) is 0 Å². The Balaban J connectivity index is 2.21. The van der Waals surface area contributed by atoms with E-state index in [1.54, 1.807) is 6.92 Å². The predicted molar refractivity (Wildman–Crippen MR) is 54.1 cm³/mol. The summed E-state index contributed by atoms with van der Waals surface area (Å²) in [4.78, 5) is 11.6. The number of esters is 1. The Morgan fingerprint density at radius 3 is 2.50 bits per heavy atom. The molecule has 0 N–H and O–H groups in total. The van der Waals surface area contributed by atoms with Gasteiger partial charge in [-0.2, -0.15) is 8.78 Å². The van der Waals surface area contributed by atoms with Gasteiger partial charge in [-0.25, -0.2) is 0 Å². The molecule has 5 heteroatoms. The zero-order valence-electron chi connectivity index (χ0n) is 9.46. The molecule has 1 aliphatic carbocycles. The van der Waals surface area contributed by atoms with E-state index in [1.807, 2.05) is 0 Å². The van der Waals surface area contributed by atoms with Crippen LogP contribution in [0.25, 0.3) is 0 Å². The summed E-state index contributed by atoms with van der Waals surface area (Å²) in [5, 5.41) is 0. The van der Waals surface area contributed by atoms with Crippen LogP contribution in [0.5, 0.6) is 0 Å². The Labute approximate surface area is 94.1 Å². The second kappa shape index (κ2) is 6.78. The highest BCUT2D eigenvalue weighted by Crippen LogP contribution is 2.25. The third kappa shape index (κ3) is 4.88. The van der Waals surface area contributed by atoms with Gasteiger partial charge in [0.25, 0.3) is 0 Å². The maximum atomic E-state index is 11.7. The molecule has 0 heterocycles. The molecule has 0 spiro atoms. The molecule has 0 aromatic carbocycles. The van der Waals surface area contributed by atoms with Crippen molar-refractivity contribution in [3.8, 4) is 0 Å². The van der Waals surface area contributed by atoms with Gasteiger partial charge < -0.3 is 9.47 Å². The monoisotopic (exact) mass is 236 g/mol. The highest BCUT2D eigenvalue weighted by molar-refractivity contribution is 5.72. The van der Waals surface area contributed by atoms with Gasteiger partial charge in [-0.05, 0) is 19.8 Å². The molecular weight excluding hydrogens is 218 g/mol. The van der Waals surface area contributed by atoms with Gasteiger partial charge >= 0.3 is 12.6 Å². The van der Waals surface area contributed by atoms with E-state index in [0.717, 1.165) is 32.1 Å². The molecule has 94 valence electrons. The molecule has 1 rings (SSSR count). The van der Waals surface area contributed by atoms with E-state index < -0.39 is 12.7 Å². The van der Waals surface area contributed by atoms with E-state index in [0.29, 0.717) is 0 Å². The van der Waals surface area contributed by atoms with E-state index in [4.69, 9.17) is 4.74 Å². The highest BCUT2D eigenvalue weighted by atomic mass is 19.3. The van der Waals surface area contributed by atoms with Gasteiger partial charge in [0.15, 0.2) is 0 Å². The van der Waals surface area contributed by atoms with Gasteiger partial charge in [0.05, 0.1) is 12.5 Å². The molecule has 1 atom stereocenters. The second-order valence-electron chi connectivity index (χ2n) is 4.18. The fourth-order valence-corrected chi connectivity index (χ4v) is 1.88. The molecular formula is C11H18F2O3. The van der Waals surface area contributed by atoms with Crippen LogP contribution in [-0.4, -0.2) is 25.3 Å². The summed E-state index contributed by atoms with van der Waals surface area (Å²) in [6.45, 7) is -1.50. The first-order chi connectivity index (χ1) is 7.59. The first-order valence-electron chi connectivity index (χ1n) is 5.70. The number of hydrogen-bond acceptors (Lipinski definition) is 3. The van der Waals surface area contributed by atoms with E-state index in [1.165, 1.54) is 0 Å². The van der Waals surface area contributed by atoms with Crippen molar-refractivity contribution in [2.75, 3.05) is 6.61 Å². The Kier molecular flexibility index (Phi) is 5.66. The van der Waals surface area contributed by atoms with Crippen molar-refractivity contribution in [3.63, 3.8) is 0 Å². The summed E-state index contributed by atoms with van der Waals surface area (Å²) >= 11 is 0. The van der Waals surface area contributed by atoms with Crippen molar-refractivity contribution in [1.82, 2.24) is 0 Å². The molecule has 0 aromatic heterocycles. The Hall–Kier alpha value is -0.710. The lowest BCUT2D eigenvalue weighted by molar-refractivity contribution is -0.172. The van der Waals surface area contributed by atoms with E-state index in [-0.39, 0.29) is 18.5 Å². The van der Waals surface area contributed by atoms with Gasteiger partial charge in [-0.3, -0.25) is 4.79 Å². The minimum absolute atomic E-state index is 0.0530. The van der Waals surface area contributed by atoms with E-state index in [2.05, 4.69) is 4.74 Å². The van der Waals surface area contributed by atoms with E-state index >= 15 is 0 Å². The van der Waals surface area contributed by atoms with Crippen molar-refractivity contribution in [2.45, 2.75) is 51.7 Å². The van der Waals surface area contributed by atoms with Crippen molar-refractivity contribution in [1.29, 1.82) is 0 Å². The number of rotatable bonds is 5. The largest absolute Gasteiger partial charge is 0.460 e. The number of hydrogen-bond donors (Lipinski definition) is 0. The topological polar surface area (TPSA) is 35.5 Å². The Morgan fingerprint density at radius 1 is 1.31 bits per heavy atom. The van der Waals surface area contributed by atoms with Crippen LogP contribution in [0.15, 0.2) is 0 Å². The predicted octanol–water partition coefficient (Wildman–Crippen LogP) is 2.74. The number of halogens is 2. The van der Waals surface area contributed by atoms with Crippen LogP contribution in [0, 0.1) is 5.92 Å². The quantitative estimate of drug-likeness (QED) is 0.688. The number of alkyl halides is 2. The molecule has 1 aliphatic rings. The van der Waals surface area contributed by atoms with Crippen LogP contribution in [-0.2, 0) is 14.3 Å². The molecule has 0 amide bonds. The SMILES string of the molecule is CC(COC(F)F)OC(=O)C1CCCCC1. The van der Waals surface area contributed by atoms with E-state index in [9.17, 15) is 13.6 Å². The number of carbonyl (C=O) groups is 1. The number of ether oxygens (including phenoxy) is 2. The number of carbonyl (C=O) groups excluding carboxylic acids is 1. The first-order valence-corrected chi connectivity index (χ1v) is 5.70. The molecule has 16 heavy (non-hydrogen) atoms. The molecule has 1 unspecified atom stereocenters. The normalized spacial score (nSPS) is 19.8. The molecule has 0 aliphatic heterocycles. The molecule has 0 bridgehead atoms. The van der Waals surface area contributed by atoms with Gasteiger partial charge in [-0.1, -0.05) is 19.3 Å². The molecule has 0 saturated heterocycles. The average Bonchev–Trinajstić information content (AvgIpc) is 2.27. The fourth-order valence-electron chi connectivity index (χ4n) is 1.88. The smallest absolute Gasteiger partial charge is 0.345 e. The van der Waals surface area contributed by atoms with Crippen LogP contribution in [0.3, 0.4) is 0 Å². The maximum absolute atomic E-state index is 11.7. The Bertz CT molecular complexity index is 215. The van der Waals surface area contributed by atoms with Crippen molar-refractivity contribution in [2.24, 2.45) is 5.92 Å². The average molecular weight is 236 g/mol. The van der Waals surface area contributed by atoms with Crippen molar-refractivity contribution >= 4 is 5.97 Å². The third-order valence-electron chi connectivity index (χ3n) is 2.71. The molecule has 0 aromatic rings. The minimum atomic E-state index is -2.81. The van der Waals surface area contributed by atoms with Crippen LogP contribution >= 0.6 is 0 Å². The molecule has 1 fully saturated rings. The molecule has 1 saturated carbocycles. The van der Waals surface area contributed by atoms with Gasteiger partial charge in [0.1, 0.15) is 6.10 Å². The summed E-state index contributed by atoms with van der Waals surface area (Å²) in [5.41, 5.74) is 0. The van der Waals surface area contributed by atoms with Crippen LogP contribution < -0.4 is 0 Å². The third-order valence-corrected chi connectivity index (χ3v) is 2.71. The summed E-state index contributed by atoms with van der Waals surface area (Å²) in [5.74, 6) is -0.326. The van der Waals surface area contributed by atoms with Crippen molar-refractivity contribution < 1.29 is 23.0 Å². The molecule has 0 radical (unpaired) electrons. The lowest BCUT2D eigenvalue weighted by Gasteiger charge is -2.22. The zero-order valence-corrected chi connectivity index (χ0v) is 9.46. The lowest BCUT2D eigenvalue weighted by atomic mass is 9.89. The second-order valence-corrected chi connectivity index (χ2v) is 4.18. The van der Waals surface area contributed by atoms with Crippen LogP contribution in [0.2, 0.25) is 0 Å². The summed E-state index contributed by atoms with van der Waals surface area (Å²) in [6.07, 6.45) is 4.34. The van der Waals surface area contributed by atoms with Gasteiger partial charge in [0.2, 0.25) is 0 Å². The summed E-state index contributed by atoms with van der Waals surface area (Å²) in [6, 6.07) is 0. The van der Waals surface area contributed by atoms with Gasteiger partial charge in [-0.15, -0.1) is 0 Å². The lowest BCUT2D eigenvalue weighted by Crippen LogP contribution is -2.27. The molecule has 3 nitrogen and oxygen atoms in total. The Morgan fingerprint density at radius 2 is 1.94 bits per heavy atom. The first kappa shape index (κ1) is 13.4. The van der Waals surface area contributed by atoms with Crippen LogP contribution in [0.4, 0.5) is 8.78 Å². The minimum Gasteiger partial charge on any atom is -0.460 e.